The number of amides is 1. The topological polar surface area (TPSA) is 41.1 Å². The first kappa shape index (κ1) is 14.6. The molecule has 0 aliphatic heterocycles. The Morgan fingerprint density at radius 1 is 1.20 bits per heavy atom. The summed E-state index contributed by atoms with van der Waals surface area (Å²) >= 11 is 1.71. The van der Waals surface area contributed by atoms with Crippen molar-refractivity contribution in [2.45, 2.75) is 27.3 Å². The minimum absolute atomic E-state index is 0.0170. The number of hydrogen-bond donors (Lipinski definition) is 2. The molecule has 0 saturated carbocycles. The summed E-state index contributed by atoms with van der Waals surface area (Å²) in [6.07, 6.45) is 0. The van der Waals surface area contributed by atoms with Crippen molar-refractivity contribution in [1.82, 2.24) is 5.32 Å². The number of nitrogens with one attached hydrogen (secondary N) is 2. The van der Waals surface area contributed by atoms with Crippen molar-refractivity contribution >= 4 is 22.9 Å². The van der Waals surface area contributed by atoms with Crippen LogP contribution in [0.2, 0.25) is 0 Å². The minimum Gasteiger partial charge on any atom is -0.385 e. The van der Waals surface area contributed by atoms with Gasteiger partial charge in [-0.25, -0.2) is 0 Å². The fourth-order valence-electron chi connectivity index (χ4n) is 2.08. The van der Waals surface area contributed by atoms with Crippen LogP contribution in [0.15, 0.2) is 30.3 Å². The standard InChI is InChI=1S/C16H20N2OS/c1-4-17-13-6-8-15(11(2)9-13)16(19)18-10-14-7-5-12(3)20-14/h5-9,17H,4,10H2,1-3H3,(H,18,19). The highest BCUT2D eigenvalue weighted by atomic mass is 32.1. The summed E-state index contributed by atoms with van der Waals surface area (Å²) in [7, 11) is 0. The van der Waals surface area contributed by atoms with Crippen molar-refractivity contribution in [3.05, 3.63) is 51.2 Å². The lowest BCUT2D eigenvalue weighted by Gasteiger charge is -2.09. The molecule has 2 aromatic rings. The van der Waals surface area contributed by atoms with Crippen LogP contribution in [0.4, 0.5) is 5.69 Å². The number of rotatable bonds is 5. The molecule has 2 N–H and O–H groups in total. The number of carbonyl (C=O) groups is 1. The van der Waals surface area contributed by atoms with Crippen LogP contribution < -0.4 is 10.6 Å². The third kappa shape index (κ3) is 3.61. The Bertz CT molecular complexity index is 604. The molecule has 3 nitrogen and oxygen atoms in total. The smallest absolute Gasteiger partial charge is 0.251 e. The Morgan fingerprint density at radius 3 is 2.60 bits per heavy atom. The molecule has 0 unspecified atom stereocenters. The molecule has 0 saturated heterocycles. The minimum atomic E-state index is -0.0170. The number of aryl methyl sites for hydroxylation is 2. The second kappa shape index (κ2) is 6.57. The number of hydrogen-bond acceptors (Lipinski definition) is 3. The van der Waals surface area contributed by atoms with Gasteiger partial charge in [-0.15, -0.1) is 11.3 Å². The molecule has 106 valence electrons. The summed E-state index contributed by atoms with van der Waals surface area (Å²) in [5, 5.41) is 6.22. The highest BCUT2D eigenvalue weighted by Crippen LogP contribution is 2.17. The van der Waals surface area contributed by atoms with Crippen LogP contribution >= 0.6 is 11.3 Å². The molecule has 1 aromatic heterocycles. The zero-order valence-corrected chi connectivity index (χ0v) is 12.9. The van der Waals surface area contributed by atoms with Crippen LogP contribution in [0.3, 0.4) is 0 Å². The molecular weight excluding hydrogens is 268 g/mol. The van der Waals surface area contributed by atoms with Crippen LogP contribution in [0.5, 0.6) is 0 Å². The van der Waals surface area contributed by atoms with Gasteiger partial charge in [0, 0.05) is 27.5 Å². The molecule has 0 radical (unpaired) electrons. The van der Waals surface area contributed by atoms with Crippen molar-refractivity contribution < 1.29 is 4.79 Å². The molecule has 1 amide bonds. The maximum Gasteiger partial charge on any atom is 0.251 e. The van der Waals surface area contributed by atoms with Gasteiger partial charge in [0.15, 0.2) is 0 Å². The fourth-order valence-corrected chi connectivity index (χ4v) is 2.91. The molecule has 0 aliphatic rings. The van der Waals surface area contributed by atoms with Gasteiger partial charge in [0.25, 0.3) is 5.91 Å². The largest absolute Gasteiger partial charge is 0.385 e. The van der Waals surface area contributed by atoms with E-state index in [9.17, 15) is 4.79 Å². The van der Waals surface area contributed by atoms with Crippen LogP contribution in [0.25, 0.3) is 0 Å². The van der Waals surface area contributed by atoms with Gasteiger partial charge in [-0.3, -0.25) is 4.79 Å². The van der Waals surface area contributed by atoms with Gasteiger partial charge < -0.3 is 10.6 Å². The Labute approximate surface area is 124 Å². The molecule has 0 atom stereocenters. The number of thiophene rings is 1. The zero-order valence-electron chi connectivity index (χ0n) is 12.1. The van der Waals surface area contributed by atoms with Gasteiger partial charge in [-0.05, 0) is 56.7 Å². The Hall–Kier alpha value is -1.81. The molecule has 0 aliphatic carbocycles. The first-order valence-electron chi connectivity index (χ1n) is 6.78. The Balaban J connectivity index is 2.01. The van der Waals surface area contributed by atoms with E-state index in [0.717, 1.165) is 23.4 Å². The van der Waals surface area contributed by atoms with E-state index >= 15 is 0 Å². The zero-order chi connectivity index (χ0) is 14.5. The van der Waals surface area contributed by atoms with Crippen molar-refractivity contribution in [3.8, 4) is 0 Å². The highest BCUT2D eigenvalue weighted by molar-refractivity contribution is 7.11. The van der Waals surface area contributed by atoms with Crippen LogP contribution in [-0.4, -0.2) is 12.5 Å². The third-order valence-corrected chi connectivity index (χ3v) is 4.07. The van der Waals surface area contributed by atoms with Crippen molar-refractivity contribution in [3.63, 3.8) is 0 Å². The fraction of sp³-hybridized carbons (Fsp3) is 0.312. The van der Waals surface area contributed by atoms with Crippen LogP contribution in [0.1, 0.15) is 32.6 Å². The molecular formula is C16H20N2OS. The summed E-state index contributed by atoms with van der Waals surface area (Å²) in [6.45, 7) is 7.55. The van der Waals surface area contributed by atoms with Gasteiger partial charge in [0.05, 0.1) is 6.54 Å². The molecule has 2 rings (SSSR count). The molecule has 20 heavy (non-hydrogen) atoms. The normalized spacial score (nSPS) is 10.3. The van der Waals surface area contributed by atoms with E-state index in [1.165, 1.54) is 9.75 Å². The average Bonchev–Trinajstić information content (AvgIpc) is 2.82. The second-order valence-corrected chi connectivity index (χ2v) is 6.13. The SMILES string of the molecule is CCNc1ccc(C(=O)NCc2ccc(C)s2)c(C)c1. The third-order valence-electron chi connectivity index (χ3n) is 3.07. The maximum atomic E-state index is 12.2. The predicted molar refractivity (Wildman–Crippen MR) is 85.6 cm³/mol. The molecule has 4 heteroatoms. The second-order valence-electron chi connectivity index (χ2n) is 4.76. The molecule has 1 aromatic carbocycles. The monoisotopic (exact) mass is 288 g/mol. The first-order valence-corrected chi connectivity index (χ1v) is 7.60. The van der Waals surface area contributed by atoms with Crippen molar-refractivity contribution in [2.24, 2.45) is 0 Å². The molecule has 0 fully saturated rings. The van der Waals surface area contributed by atoms with E-state index in [1.54, 1.807) is 11.3 Å². The van der Waals surface area contributed by atoms with Crippen molar-refractivity contribution in [1.29, 1.82) is 0 Å². The maximum absolute atomic E-state index is 12.2. The summed E-state index contributed by atoms with van der Waals surface area (Å²) < 4.78 is 0. The summed E-state index contributed by atoms with van der Waals surface area (Å²) in [5.74, 6) is -0.0170. The highest BCUT2D eigenvalue weighted by Gasteiger charge is 2.09. The lowest BCUT2D eigenvalue weighted by atomic mass is 10.1. The van der Waals surface area contributed by atoms with Gasteiger partial charge in [-0.2, -0.15) is 0 Å². The van der Waals surface area contributed by atoms with Gasteiger partial charge >= 0.3 is 0 Å². The lowest BCUT2D eigenvalue weighted by Crippen LogP contribution is -2.23. The van der Waals surface area contributed by atoms with E-state index in [1.807, 2.05) is 25.1 Å². The summed E-state index contributed by atoms with van der Waals surface area (Å²) in [4.78, 5) is 14.6. The predicted octanol–water partition coefficient (Wildman–Crippen LogP) is 3.73. The van der Waals surface area contributed by atoms with Crippen LogP contribution in [0, 0.1) is 13.8 Å². The Kier molecular flexibility index (Phi) is 4.79. The van der Waals surface area contributed by atoms with E-state index < -0.39 is 0 Å². The Morgan fingerprint density at radius 2 is 2.00 bits per heavy atom. The molecule has 1 heterocycles. The quantitative estimate of drug-likeness (QED) is 0.880. The van der Waals surface area contributed by atoms with Gasteiger partial charge in [0.1, 0.15) is 0 Å². The lowest BCUT2D eigenvalue weighted by molar-refractivity contribution is 0.0950. The number of carbonyl (C=O) groups excluding carboxylic acids is 1. The van der Waals surface area contributed by atoms with E-state index in [2.05, 4.69) is 36.6 Å². The molecule has 0 spiro atoms. The van der Waals surface area contributed by atoms with E-state index in [4.69, 9.17) is 0 Å². The first-order chi connectivity index (χ1) is 9.60. The van der Waals surface area contributed by atoms with E-state index in [-0.39, 0.29) is 5.91 Å². The van der Waals surface area contributed by atoms with Crippen LogP contribution in [-0.2, 0) is 6.54 Å². The number of benzene rings is 1. The summed E-state index contributed by atoms with van der Waals surface area (Å²) in [5.41, 5.74) is 2.78. The molecule has 0 bridgehead atoms. The van der Waals surface area contributed by atoms with Gasteiger partial charge in [0.2, 0.25) is 0 Å². The van der Waals surface area contributed by atoms with Gasteiger partial charge in [-0.1, -0.05) is 0 Å². The summed E-state index contributed by atoms with van der Waals surface area (Å²) in [6, 6.07) is 9.96. The average molecular weight is 288 g/mol. The van der Waals surface area contributed by atoms with Crippen molar-refractivity contribution in [2.75, 3.05) is 11.9 Å². The number of anilines is 1. The van der Waals surface area contributed by atoms with E-state index in [0.29, 0.717) is 6.54 Å².